The molecule has 0 aliphatic rings. The molecule has 0 unspecified atom stereocenters. The molecule has 0 aliphatic heterocycles. The maximum atomic E-state index is 12.2. The summed E-state index contributed by atoms with van der Waals surface area (Å²) in [4.78, 5) is 13.6. The molecular weight excluding hydrogens is 311 g/mol. The Hall–Kier alpha value is -0.990. The third kappa shape index (κ3) is 2.08. The fourth-order valence-corrected chi connectivity index (χ4v) is 1.36. The second-order valence-corrected chi connectivity index (χ2v) is 3.49. The molecule has 1 rings (SSSR count). The number of aromatic carboxylic acids is 1. The number of nitrogens with zero attached hydrogens (tertiary/aromatic N) is 1. The molecule has 4 nitrogen and oxygen atoms in total. The number of hydrogen-bond donors (Lipinski definition) is 2. The standard InChI is InChI=1S/C7H4F2INO3/c8-6(9)4-5(12)2(10)1-3(11-4)7(13)14/h1,6,12H,(H,13,14). The average Bonchev–Trinajstić information content (AvgIpc) is 2.08. The highest BCUT2D eigenvalue weighted by Gasteiger charge is 2.20. The second kappa shape index (κ2) is 4.03. The molecule has 76 valence electrons. The maximum Gasteiger partial charge on any atom is 0.354 e. The lowest BCUT2D eigenvalue weighted by Gasteiger charge is -2.05. The molecule has 0 aromatic carbocycles. The number of halogens is 3. The van der Waals surface area contributed by atoms with Gasteiger partial charge in [0.1, 0.15) is 11.4 Å². The van der Waals surface area contributed by atoms with Crippen molar-refractivity contribution in [3.8, 4) is 5.75 Å². The zero-order valence-electron chi connectivity index (χ0n) is 6.54. The van der Waals surface area contributed by atoms with E-state index in [4.69, 9.17) is 10.2 Å². The SMILES string of the molecule is O=C(O)c1cc(I)c(O)c(C(F)F)n1. The Morgan fingerprint density at radius 1 is 1.57 bits per heavy atom. The van der Waals surface area contributed by atoms with E-state index in [1.54, 1.807) is 22.6 Å². The number of carboxylic acid groups (broad SMARTS) is 1. The van der Waals surface area contributed by atoms with Gasteiger partial charge in [0.05, 0.1) is 3.57 Å². The van der Waals surface area contributed by atoms with Crippen LogP contribution in [0.15, 0.2) is 6.07 Å². The minimum Gasteiger partial charge on any atom is -0.505 e. The van der Waals surface area contributed by atoms with Crippen LogP contribution in [0.5, 0.6) is 5.75 Å². The van der Waals surface area contributed by atoms with Crippen molar-refractivity contribution in [3.05, 3.63) is 21.0 Å². The van der Waals surface area contributed by atoms with Crippen molar-refractivity contribution in [3.63, 3.8) is 0 Å². The highest BCUT2D eigenvalue weighted by atomic mass is 127. The molecule has 1 aromatic rings. The first kappa shape index (κ1) is 11.1. The highest BCUT2D eigenvalue weighted by molar-refractivity contribution is 14.1. The number of pyridine rings is 1. The van der Waals surface area contributed by atoms with Crippen LogP contribution in [-0.4, -0.2) is 21.2 Å². The van der Waals surface area contributed by atoms with E-state index in [1.807, 2.05) is 0 Å². The van der Waals surface area contributed by atoms with Crippen LogP contribution >= 0.6 is 22.6 Å². The van der Waals surface area contributed by atoms with Crippen molar-refractivity contribution in [2.24, 2.45) is 0 Å². The van der Waals surface area contributed by atoms with E-state index in [0.717, 1.165) is 6.07 Å². The van der Waals surface area contributed by atoms with Crippen molar-refractivity contribution in [2.75, 3.05) is 0 Å². The Balaban J connectivity index is 3.35. The number of rotatable bonds is 2. The number of hydrogen-bond acceptors (Lipinski definition) is 3. The van der Waals surface area contributed by atoms with E-state index in [-0.39, 0.29) is 3.57 Å². The molecule has 0 atom stereocenters. The van der Waals surface area contributed by atoms with Crippen LogP contribution in [0.25, 0.3) is 0 Å². The smallest absolute Gasteiger partial charge is 0.354 e. The van der Waals surface area contributed by atoms with Gasteiger partial charge in [0, 0.05) is 0 Å². The largest absolute Gasteiger partial charge is 0.505 e. The third-order valence-electron chi connectivity index (χ3n) is 1.40. The Kier molecular flexibility index (Phi) is 3.19. The monoisotopic (exact) mass is 315 g/mol. The molecule has 0 fully saturated rings. The Morgan fingerprint density at radius 3 is 2.57 bits per heavy atom. The molecule has 14 heavy (non-hydrogen) atoms. The molecule has 0 aliphatic carbocycles. The first-order chi connectivity index (χ1) is 6.43. The fourth-order valence-electron chi connectivity index (χ4n) is 0.787. The lowest BCUT2D eigenvalue weighted by molar-refractivity contribution is 0.0688. The summed E-state index contributed by atoms with van der Waals surface area (Å²) in [5, 5.41) is 17.6. The van der Waals surface area contributed by atoms with Crippen LogP contribution < -0.4 is 0 Å². The summed E-state index contributed by atoms with van der Waals surface area (Å²) in [6, 6.07) is 1.02. The average molecular weight is 315 g/mol. The van der Waals surface area contributed by atoms with Crippen molar-refractivity contribution in [2.45, 2.75) is 6.43 Å². The summed E-state index contributed by atoms with van der Waals surface area (Å²) < 4.78 is 24.5. The number of aromatic nitrogens is 1. The molecule has 1 heterocycles. The first-order valence-electron chi connectivity index (χ1n) is 3.34. The highest BCUT2D eigenvalue weighted by Crippen LogP contribution is 2.30. The lowest BCUT2D eigenvalue weighted by Crippen LogP contribution is -2.04. The van der Waals surface area contributed by atoms with Crippen LogP contribution in [0.4, 0.5) is 8.78 Å². The molecule has 0 saturated carbocycles. The van der Waals surface area contributed by atoms with Gasteiger partial charge in [-0.05, 0) is 28.7 Å². The van der Waals surface area contributed by atoms with Crippen LogP contribution in [0.1, 0.15) is 22.6 Å². The zero-order chi connectivity index (χ0) is 10.9. The molecule has 1 aromatic heterocycles. The predicted octanol–water partition coefficient (Wildman–Crippen LogP) is 2.03. The summed E-state index contributed by atoms with van der Waals surface area (Å²) in [5.41, 5.74) is -1.42. The van der Waals surface area contributed by atoms with Gasteiger partial charge in [-0.1, -0.05) is 0 Å². The number of carbonyl (C=O) groups is 1. The number of alkyl halides is 2. The van der Waals surface area contributed by atoms with Gasteiger partial charge in [-0.25, -0.2) is 18.6 Å². The molecule has 2 N–H and O–H groups in total. The Morgan fingerprint density at radius 2 is 2.14 bits per heavy atom. The maximum absolute atomic E-state index is 12.2. The predicted molar refractivity (Wildman–Crippen MR) is 50.5 cm³/mol. The van der Waals surface area contributed by atoms with Gasteiger partial charge in [-0.3, -0.25) is 0 Å². The zero-order valence-corrected chi connectivity index (χ0v) is 8.70. The second-order valence-electron chi connectivity index (χ2n) is 2.33. The normalized spacial score (nSPS) is 10.6. The molecular formula is C7H4F2INO3. The van der Waals surface area contributed by atoms with E-state index >= 15 is 0 Å². The van der Waals surface area contributed by atoms with Gasteiger partial charge in [0.2, 0.25) is 0 Å². The number of carboxylic acids is 1. The van der Waals surface area contributed by atoms with Crippen LogP contribution in [-0.2, 0) is 0 Å². The van der Waals surface area contributed by atoms with Crippen LogP contribution in [0.3, 0.4) is 0 Å². The van der Waals surface area contributed by atoms with E-state index in [2.05, 4.69) is 4.98 Å². The Labute approximate surface area is 90.7 Å². The summed E-state index contributed by atoms with van der Waals surface area (Å²) in [7, 11) is 0. The quantitative estimate of drug-likeness (QED) is 0.819. The molecule has 0 saturated heterocycles. The molecule has 0 bridgehead atoms. The summed E-state index contributed by atoms with van der Waals surface area (Å²) in [6.45, 7) is 0. The van der Waals surface area contributed by atoms with Crippen molar-refractivity contribution in [1.29, 1.82) is 0 Å². The van der Waals surface area contributed by atoms with E-state index < -0.39 is 29.5 Å². The van der Waals surface area contributed by atoms with Gasteiger partial charge < -0.3 is 10.2 Å². The van der Waals surface area contributed by atoms with Gasteiger partial charge in [0.15, 0.2) is 5.75 Å². The van der Waals surface area contributed by atoms with Crippen molar-refractivity contribution >= 4 is 28.6 Å². The summed E-state index contributed by atoms with van der Waals surface area (Å²) in [5.74, 6) is -2.09. The molecule has 0 spiro atoms. The van der Waals surface area contributed by atoms with E-state index in [1.165, 1.54) is 0 Å². The van der Waals surface area contributed by atoms with Gasteiger partial charge in [-0.15, -0.1) is 0 Å². The fraction of sp³-hybridized carbons (Fsp3) is 0.143. The topological polar surface area (TPSA) is 70.4 Å². The number of aromatic hydroxyl groups is 1. The van der Waals surface area contributed by atoms with Gasteiger partial charge in [-0.2, -0.15) is 0 Å². The van der Waals surface area contributed by atoms with E-state index in [0.29, 0.717) is 0 Å². The molecule has 0 radical (unpaired) electrons. The summed E-state index contributed by atoms with van der Waals surface area (Å²) >= 11 is 1.56. The molecule has 0 amide bonds. The first-order valence-corrected chi connectivity index (χ1v) is 4.42. The van der Waals surface area contributed by atoms with Crippen LogP contribution in [0, 0.1) is 3.57 Å². The lowest BCUT2D eigenvalue weighted by atomic mass is 10.3. The van der Waals surface area contributed by atoms with Crippen LogP contribution in [0.2, 0.25) is 0 Å². The van der Waals surface area contributed by atoms with Crippen molar-refractivity contribution in [1.82, 2.24) is 4.98 Å². The van der Waals surface area contributed by atoms with Gasteiger partial charge in [0.25, 0.3) is 6.43 Å². The van der Waals surface area contributed by atoms with Crippen molar-refractivity contribution < 1.29 is 23.8 Å². The van der Waals surface area contributed by atoms with Gasteiger partial charge >= 0.3 is 5.97 Å². The Bertz CT molecular complexity index is 383. The summed E-state index contributed by atoms with van der Waals surface area (Å²) in [6.07, 6.45) is -3.00. The minimum absolute atomic E-state index is 0.0327. The van der Waals surface area contributed by atoms with E-state index in [9.17, 15) is 13.6 Å². The molecule has 7 heteroatoms. The minimum atomic E-state index is -3.00. The third-order valence-corrected chi connectivity index (χ3v) is 2.22.